The monoisotopic (exact) mass is 564 g/mol. The lowest BCUT2D eigenvalue weighted by atomic mass is 9.95. The third-order valence-corrected chi connectivity index (χ3v) is 6.84. The second kappa shape index (κ2) is 11.1. The summed E-state index contributed by atoms with van der Waals surface area (Å²) in [4.78, 5) is 0. The van der Waals surface area contributed by atoms with Crippen LogP contribution >= 0.6 is 0 Å². The molecule has 0 aliphatic carbocycles. The van der Waals surface area contributed by atoms with Gasteiger partial charge < -0.3 is 19.7 Å². The minimum atomic E-state index is -1.59. The number of halogens is 3. The summed E-state index contributed by atoms with van der Waals surface area (Å²) in [7, 11) is 0. The molecule has 1 saturated heterocycles. The summed E-state index contributed by atoms with van der Waals surface area (Å²) >= 11 is 0. The van der Waals surface area contributed by atoms with Gasteiger partial charge in [0.25, 0.3) is 0 Å². The summed E-state index contributed by atoms with van der Waals surface area (Å²) in [6, 6.07) is 17.5. The van der Waals surface area contributed by atoms with Crippen LogP contribution in [-0.2, 0) is 4.74 Å². The first-order valence-corrected chi connectivity index (χ1v) is 12.7. The highest BCUT2D eigenvalue weighted by atomic mass is 19.2. The molecule has 3 heterocycles. The van der Waals surface area contributed by atoms with Gasteiger partial charge in [0.2, 0.25) is 0 Å². The number of aliphatic hydroxyl groups is 2. The quantitative estimate of drug-likeness (QED) is 0.283. The molecule has 1 aliphatic rings. The van der Waals surface area contributed by atoms with E-state index in [2.05, 4.69) is 20.5 Å². The van der Waals surface area contributed by atoms with Crippen LogP contribution in [0.5, 0.6) is 11.5 Å². The molecule has 13 heteroatoms. The maximum absolute atomic E-state index is 13.8. The zero-order valence-corrected chi connectivity index (χ0v) is 21.3. The molecule has 0 radical (unpaired) electrons. The lowest BCUT2D eigenvalue weighted by Crippen LogP contribution is -2.45. The highest BCUT2D eigenvalue weighted by Gasteiger charge is 2.41. The van der Waals surface area contributed by atoms with Crippen LogP contribution in [0.1, 0.15) is 24.4 Å². The molecule has 3 aromatic carbocycles. The fourth-order valence-electron chi connectivity index (χ4n) is 4.77. The molecule has 0 spiro atoms. The van der Waals surface area contributed by atoms with Crippen molar-refractivity contribution in [1.29, 1.82) is 0 Å². The molecule has 1 fully saturated rings. The number of ether oxygens (including phenoxy) is 2. The van der Waals surface area contributed by atoms with Gasteiger partial charge in [-0.3, -0.25) is 4.57 Å². The van der Waals surface area contributed by atoms with E-state index in [1.54, 1.807) is 16.7 Å². The molecule has 41 heavy (non-hydrogen) atoms. The van der Waals surface area contributed by atoms with Gasteiger partial charge in [0, 0.05) is 17.7 Å². The minimum absolute atomic E-state index is 0.0242. The van der Waals surface area contributed by atoms with E-state index in [-0.39, 0.29) is 17.7 Å². The van der Waals surface area contributed by atoms with Gasteiger partial charge in [0.15, 0.2) is 23.3 Å². The van der Waals surface area contributed by atoms with Gasteiger partial charge in [-0.25, -0.2) is 17.9 Å². The van der Waals surface area contributed by atoms with Crippen molar-refractivity contribution >= 4 is 0 Å². The third kappa shape index (κ3) is 5.29. The van der Waals surface area contributed by atoms with Crippen LogP contribution in [-0.4, -0.2) is 58.8 Å². The van der Waals surface area contributed by atoms with Gasteiger partial charge in [-0.2, -0.15) is 0 Å². The van der Waals surface area contributed by atoms with Gasteiger partial charge >= 0.3 is 0 Å². The molecule has 5 aromatic rings. The molecule has 0 saturated carbocycles. The van der Waals surface area contributed by atoms with Crippen molar-refractivity contribution in [3.8, 4) is 28.4 Å². The first-order valence-electron chi connectivity index (χ1n) is 12.7. The Kier molecular flexibility index (Phi) is 7.22. The molecule has 2 N–H and O–H groups in total. The smallest absolute Gasteiger partial charge is 0.194 e. The summed E-state index contributed by atoms with van der Waals surface area (Å²) in [5.41, 5.74) is 0.768. The van der Waals surface area contributed by atoms with Crippen LogP contribution in [0.2, 0.25) is 0 Å². The number of para-hydroxylation sites is 1. The number of nitrogens with zero attached hydrogens (tertiary/aromatic N) is 6. The molecule has 2 aromatic heterocycles. The van der Waals surface area contributed by atoms with Gasteiger partial charge in [-0.15, -0.1) is 15.3 Å². The SMILES string of the molecule is OCC1OC(c2nncn2-c2ccc(Oc3ccccc3)cc2)CC(n2cc(-c3cc(F)c(F)c(F)c3)nn2)C1O. The van der Waals surface area contributed by atoms with E-state index >= 15 is 0 Å². The Balaban J connectivity index is 1.25. The number of hydrogen-bond acceptors (Lipinski definition) is 8. The molecular formula is C28H23F3N6O4. The highest BCUT2D eigenvalue weighted by molar-refractivity contribution is 5.58. The van der Waals surface area contributed by atoms with E-state index in [0.29, 0.717) is 17.3 Å². The number of aliphatic hydroxyl groups excluding tert-OH is 2. The van der Waals surface area contributed by atoms with Gasteiger partial charge in [0.1, 0.15) is 41.8 Å². The van der Waals surface area contributed by atoms with Crippen molar-refractivity contribution in [1.82, 2.24) is 29.8 Å². The van der Waals surface area contributed by atoms with E-state index in [9.17, 15) is 23.4 Å². The Morgan fingerprint density at radius 3 is 2.37 bits per heavy atom. The summed E-state index contributed by atoms with van der Waals surface area (Å²) in [5, 5.41) is 37.1. The zero-order valence-electron chi connectivity index (χ0n) is 21.3. The average molecular weight is 565 g/mol. The summed E-state index contributed by atoms with van der Waals surface area (Å²) in [6.45, 7) is -0.496. The van der Waals surface area contributed by atoms with Crippen molar-refractivity contribution in [2.75, 3.05) is 6.61 Å². The Labute approximate surface area is 231 Å². The normalized spacial score (nSPS) is 20.7. The Hall–Kier alpha value is -4.59. The number of benzene rings is 3. The summed E-state index contributed by atoms with van der Waals surface area (Å²) < 4.78 is 55.9. The number of hydrogen-bond donors (Lipinski definition) is 2. The molecule has 4 unspecified atom stereocenters. The standard InChI is InChI=1S/C28H23F3N6O4/c29-20-10-16(11-21(30)26(20)31)22-13-37(35-33-22)23-12-24(41-25(14-38)27(23)39)28-34-32-15-36(28)17-6-8-19(9-7-17)40-18-4-2-1-3-5-18/h1-11,13,15,23-25,27,38-39H,12,14H2. The van der Waals surface area contributed by atoms with Crippen molar-refractivity contribution in [3.63, 3.8) is 0 Å². The molecule has 10 nitrogen and oxygen atoms in total. The second-order valence-corrected chi connectivity index (χ2v) is 9.45. The average Bonchev–Trinajstić information content (AvgIpc) is 3.68. The first-order chi connectivity index (χ1) is 19.9. The maximum atomic E-state index is 13.8. The molecule has 0 amide bonds. The van der Waals surface area contributed by atoms with Crippen molar-refractivity contribution < 1.29 is 32.9 Å². The summed E-state index contributed by atoms with van der Waals surface area (Å²) in [5.74, 6) is -2.56. The lowest BCUT2D eigenvalue weighted by molar-refractivity contribution is -0.161. The fraction of sp³-hybridized carbons (Fsp3) is 0.214. The van der Waals surface area contributed by atoms with E-state index in [1.807, 2.05) is 42.5 Å². The molecule has 1 aliphatic heterocycles. The predicted octanol–water partition coefficient (Wildman–Crippen LogP) is 4.16. The Morgan fingerprint density at radius 1 is 0.951 bits per heavy atom. The lowest BCUT2D eigenvalue weighted by Gasteiger charge is -2.38. The number of aromatic nitrogens is 6. The first kappa shape index (κ1) is 26.6. The summed E-state index contributed by atoms with van der Waals surface area (Å²) in [6.07, 6.45) is 0.132. The van der Waals surface area contributed by atoms with Gasteiger partial charge in [-0.05, 0) is 48.5 Å². The number of rotatable bonds is 7. The van der Waals surface area contributed by atoms with Crippen molar-refractivity contribution in [2.24, 2.45) is 0 Å². The van der Waals surface area contributed by atoms with Crippen molar-refractivity contribution in [3.05, 3.63) is 103 Å². The second-order valence-electron chi connectivity index (χ2n) is 9.45. The van der Waals surface area contributed by atoms with Crippen LogP contribution in [0.4, 0.5) is 13.2 Å². The fourth-order valence-corrected chi connectivity index (χ4v) is 4.77. The molecule has 210 valence electrons. The van der Waals surface area contributed by atoms with E-state index in [1.165, 1.54) is 17.2 Å². The largest absolute Gasteiger partial charge is 0.457 e. The topological polar surface area (TPSA) is 120 Å². The van der Waals surface area contributed by atoms with E-state index < -0.39 is 48.4 Å². The minimum Gasteiger partial charge on any atom is -0.457 e. The van der Waals surface area contributed by atoms with E-state index in [4.69, 9.17) is 9.47 Å². The predicted molar refractivity (Wildman–Crippen MR) is 138 cm³/mol. The molecule has 6 rings (SSSR count). The van der Waals surface area contributed by atoms with Crippen LogP contribution in [0.25, 0.3) is 16.9 Å². The molecule has 4 atom stereocenters. The van der Waals surface area contributed by atoms with Crippen LogP contribution in [0, 0.1) is 17.5 Å². The van der Waals surface area contributed by atoms with E-state index in [0.717, 1.165) is 17.8 Å². The Morgan fingerprint density at radius 2 is 1.66 bits per heavy atom. The van der Waals surface area contributed by atoms with Crippen molar-refractivity contribution in [2.45, 2.75) is 30.8 Å². The Bertz CT molecular complexity index is 1620. The maximum Gasteiger partial charge on any atom is 0.194 e. The molecular weight excluding hydrogens is 541 g/mol. The van der Waals surface area contributed by atoms with Gasteiger partial charge in [0.05, 0.1) is 18.8 Å². The molecule has 0 bridgehead atoms. The van der Waals surface area contributed by atoms with Crippen LogP contribution < -0.4 is 4.74 Å². The third-order valence-electron chi connectivity index (χ3n) is 6.84. The van der Waals surface area contributed by atoms with Gasteiger partial charge in [-0.1, -0.05) is 23.4 Å². The van der Waals surface area contributed by atoms with Crippen LogP contribution in [0.3, 0.4) is 0 Å². The zero-order chi connectivity index (χ0) is 28.5. The highest BCUT2D eigenvalue weighted by Crippen LogP contribution is 2.38. The van der Waals surface area contributed by atoms with Crippen LogP contribution in [0.15, 0.2) is 79.3 Å².